The number of methoxy groups -OCH3 is 1. The second kappa shape index (κ2) is 5.46. The number of rotatable bonds is 3. The predicted molar refractivity (Wildman–Crippen MR) is 82.5 cm³/mol. The lowest BCUT2D eigenvalue weighted by Gasteiger charge is -2.10. The zero-order chi connectivity index (χ0) is 14.8. The lowest BCUT2D eigenvalue weighted by molar-refractivity contribution is 0.374. The molecule has 0 saturated carbocycles. The first kappa shape index (κ1) is 13.5. The van der Waals surface area contributed by atoms with E-state index in [1.807, 2.05) is 12.1 Å². The third kappa shape index (κ3) is 2.68. The Kier molecular flexibility index (Phi) is 3.50. The number of ether oxygens (including phenoxy) is 1. The van der Waals surface area contributed by atoms with Gasteiger partial charge in [0.15, 0.2) is 11.5 Å². The standard InChI is InChI=1S/C15H12ClN3O2/c1-21-14-7-12-11(6-13(14)20)15(18-8-17-12)19-10-4-2-9(16)3-5-10/h2-8,20H,1H3,(H,17,18,19). The SMILES string of the molecule is COc1cc2ncnc(Nc3ccc(Cl)cc3)c2cc1O. The first-order valence-corrected chi connectivity index (χ1v) is 6.59. The highest BCUT2D eigenvalue weighted by molar-refractivity contribution is 6.30. The van der Waals surface area contributed by atoms with Gasteiger partial charge >= 0.3 is 0 Å². The molecule has 2 aromatic carbocycles. The van der Waals surface area contributed by atoms with Gasteiger partial charge in [-0.15, -0.1) is 0 Å². The molecule has 6 heteroatoms. The molecule has 3 aromatic rings. The van der Waals surface area contributed by atoms with Gasteiger partial charge in [-0.25, -0.2) is 9.97 Å². The number of benzene rings is 2. The minimum absolute atomic E-state index is 0.0407. The molecule has 0 aliphatic carbocycles. The van der Waals surface area contributed by atoms with Crippen molar-refractivity contribution in [1.82, 2.24) is 9.97 Å². The summed E-state index contributed by atoms with van der Waals surface area (Å²) in [5.41, 5.74) is 1.52. The summed E-state index contributed by atoms with van der Waals surface area (Å²) in [6.45, 7) is 0. The zero-order valence-electron chi connectivity index (χ0n) is 11.2. The molecule has 2 N–H and O–H groups in total. The third-order valence-corrected chi connectivity index (χ3v) is 3.29. The van der Waals surface area contributed by atoms with E-state index in [-0.39, 0.29) is 5.75 Å². The minimum Gasteiger partial charge on any atom is -0.504 e. The summed E-state index contributed by atoms with van der Waals surface area (Å²) in [5, 5.41) is 14.4. The van der Waals surface area contributed by atoms with Gasteiger partial charge in [-0.1, -0.05) is 11.6 Å². The largest absolute Gasteiger partial charge is 0.504 e. The lowest BCUT2D eigenvalue weighted by Crippen LogP contribution is -1.96. The molecule has 0 aliphatic rings. The number of phenols is 1. The molecule has 1 aromatic heterocycles. The fourth-order valence-corrected chi connectivity index (χ4v) is 2.13. The van der Waals surface area contributed by atoms with Crippen molar-refractivity contribution >= 4 is 34.0 Å². The van der Waals surface area contributed by atoms with Crippen LogP contribution >= 0.6 is 11.6 Å². The summed E-state index contributed by atoms with van der Waals surface area (Å²) in [4.78, 5) is 8.40. The maximum atomic E-state index is 9.91. The van der Waals surface area contributed by atoms with E-state index in [0.717, 1.165) is 5.69 Å². The predicted octanol–water partition coefficient (Wildman–Crippen LogP) is 3.74. The molecular formula is C15H12ClN3O2. The summed E-state index contributed by atoms with van der Waals surface area (Å²) in [6, 6.07) is 10.5. The van der Waals surface area contributed by atoms with Crippen LogP contribution in [0.2, 0.25) is 5.02 Å². The first-order valence-electron chi connectivity index (χ1n) is 6.21. The fourth-order valence-electron chi connectivity index (χ4n) is 2.01. The van der Waals surface area contributed by atoms with Gasteiger partial charge in [0.1, 0.15) is 12.1 Å². The summed E-state index contributed by atoms with van der Waals surface area (Å²) in [7, 11) is 1.49. The van der Waals surface area contributed by atoms with Gasteiger partial charge in [-0.3, -0.25) is 0 Å². The van der Waals surface area contributed by atoms with Crippen LogP contribution in [-0.2, 0) is 0 Å². The van der Waals surface area contributed by atoms with E-state index in [2.05, 4.69) is 15.3 Å². The third-order valence-electron chi connectivity index (χ3n) is 3.04. The number of halogens is 1. The van der Waals surface area contributed by atoms with Crippen molar-refractivity contribution in [2.75, 3.05) is 12.4 Å². The molecule has 0 atom stereocenters. The second-order valence-electron chi connectivity index (χ2n) is 4.40. The van der Waals surface area contributed by atoms with Crippen LogP contribution in [0.1, 0.15) is 0 Å². The molecule has 0 unspecified atom stereocenters. The van der Waals surface area contributed by atoms with Crippen molar-refractivity contribution < 1.29 is 9.84 Å². The van der Waals surface area contributed by atoms with E-state index in [4.69, 9.17) is 16.3 Å². The van der Waals surface area contributed by atoms with Crippen molar-refractivity contribution in [1.29, 1.82) is 0 Å². The van der Waals surface area contributed by atoms with Crippen molar-refractivity contribution in [3.05, 3.63) is 47.7 Å². The molecule has 0 fully saturated rings. The van der Waals surface area contributed by atoms with Gasteiger partial charge in [-0.2, -0.15) is 0 Å². The van der Waals surface area contributed by atoms with E-state index in [1.165, 1.54) is 13.4 Å². The maximum Gasteiger partial charge on any atom is 0.162 e. The van der Waals surface area contributed by atoms with Crippen LogP contribution < -0.4 is 10.1 Å². The molecule has 0 radical (unpaired) electrons. The Hall–Kier alpha value is -2.53. The minimum atomic E-state index is 0.0407. The number of nitrogens with one attached hydrogen (secondary N) is 1. The van der Waals surface area contributed by atoms with Gasteiger partial charge in [0.25, 0.3) is 0 Å². The van der Waals surface area contributed by atoms with Gasteiger partial charge in [0.05, 0.1) is 12.6 Å². The highest BCUT2D eigenvalue weighted by Crippen LogP contribution is 2.33. The molecule has 0 bridgehead atoms. The Labute approximate surface area is 126 Å². The molecule has 5 nitrogen and oxygen atoms in total. The summed E-state index contributed by atoms with van der Waals surface area (Å²) in [5.74, 6) is 1.01. The van der Waals surface area contributed by atoms with E-state index in [9.17, 15) is 5.11 Å². The van der Waals surface area contributed by atoms with E-state index >= 15 is 0 Å². The normalized spacial score (nSPS) is 10.6. The second-order valence-corrected chi connectivity index (χ2v) is 4.83. The summed E-state index contributed by atoms with van der Waals surface area (Å²) >= 11 is 5.86. The average molecular weight is 302 g/mol. The number of aromatic nitrogens is 2. The molecular weight excluding hydrogens is 290 g/mol. The Bertz CT molecular complexity index is 791. The molecule has 21 heavy (non-hydrogen) atoms. The summed E-state index contributed by atoms with van der Waals surface area (Å²) < 4.78 is 5.08. The molecule has 0 aliphatic heterocycles. The van der Waals surface area contributed by atoms with E-state index < -0.39 is 0 Å². The number of hydrogen-bond donors (Lipinski definition) is 2. The number of nitrogens with zero attached hydrogens (tertiary/aromatic N) is 2. The number of aromatic hydroxyl groups is 1. The van der Waals surface area contributed by atoms with E-state index in [1.54, 1.807) is 24.3 Å². The van der Waals surface area contributed by atoms with Crippen LogP contribution in [0, 0.1) is 0 Å². The van der Waals surface area contributed by atoms with Crippen LogP contribution in [0.4, 0.5) is 11.5 Å². The Morgan fingerprint density at radius 3 is 2.62 bits per heavy atom. The average Bonchev–Trinajstić information content (AvgIpc) is 2.49. The van der Waals surface area contributed by atoms with Gasteiger partial charge < -0.3 is 15.2 Å². The molecule has 0 saturated heterocycles. The quantitative estimate of drug-likeness (QED) is 0.771. The topological polar surface area (TPSA) is 67.3 Å². The number of fused-ring (bicyclic) bond motifs is 1. The first-order chi connectivity index (χ1) is 10.2. The fraction of sp³-hybridized carbons (Fsp3) is 0.0667. The molecule has 3 rings (SSSR count). The van der Waals surface area contributed by atoms with Gasteiger partial charge in [-0.05, 0) is 30.3 Å². The van der Waals surface area contributed by atoms with Gasteiger partial charge in [0.2, 0.25) is 0 Å². The molecule has 0 amide bonds. The Morgan fingerprint density at radius 1 is 1.14 bits per heavy atom. The zero-order valence-corrected chi connectivity index (χ0v) is 11.9. The van der Waals surface area contributed by atoms with E-state index in [0.29, 0.717) is 27.5 Å². The van der Waals surface area contributed by atoms with Crippen LogP contribution in [0.5, 0.6) is 11.5 Å². The smallest absolute Gasteiger partial charge is 0.162 e. The molecule has 1 heterocycles. The molecule has 106 valence electrons. The monoisotopic (exact) mass is 301 g/mol. The van der Waals surface area contributed by atoms with Crippen LogP contribution in [-0.4, -0.2) is 22.2 Å². The Morgan fingerprint density at radius 2 is 1.90 bits per heavy atom. The highest BCUT2D eigenvalue weighted by atomic mass is 35.5. The number of phenolic OH excluding ortho intramolecular Hbond substituents is 1. The van der Waals surface area contributed by atoms with Crippen molar-refractivity contribution in [2.24, 2.45) is 0 Å². The number of hydrogen-bond acceptors (Lipinski definition) is 5. The van der Waals surface area contributed by atoms with Crippen molar-refractivity contribution in [2.45, 2.75) is 0 Å². The molecule has 0 spiro atoms. The highest BCUT2D eigenvalue weighted by Gasteiger charge is 2.09. The van der Waals surface area contributed by atoms with Crippen molar-refractivity contribution in [3.8, 4) is 11.5 Å². The lowest BCUT2D eigenvalue weighted by atomic mass is 10.2. The summed E-state index contributed by atoms with van der Waals surface area (Å²) in [6.07, 6.45) is 1.46. The van der Waals surface area contributed by atoms with Crippen LogP contribution in [0.15, 0.2) is 42.7 Å². The van der Waals surface area contributed by atoms with Crippen molar-refractivity contribution in [3.63, 3.8) is 0 Å². The van der Waals surface area contributed by atoms with Gasteiger partial charge in [0, 0.05) is 22.2 Å². The number of anilines is 2. The van der Waals surface area contributed by atoms with Crippen LogP contribution in [0.25, 0.3) is 10.9 Å². The Balaban J connectivity index is 2.06. The van der Waals surface area contributed by atoms with Crippen LogP contribution in [0.3, 0.4) is 0 Å². The maximum absolute atomic E-state index is 9.91.